The average molecular weight is 222 g/mol. The van der Waals surface area contributed by atoms with Crippen LogP contribution in [-0.2, 0) is 5.41 Å². The molecule has 1 heteroatoms. The molecule has 0 radical (unpaired) electrons. The lowest BCUT2D eigenvalue weighted by Crippen LogP contribution is -2.10. The van der Waals surface area contributed by atoms with Gasteiger partial charge in [0.05, 0.1) is 0 Å². The van der Waals surface area contributed by atoms with Crippen LogP contribution in [0.25, 0.3) is 0 Å². The minimum absolute atomic E-state index is 0.273. The molecule has 0 heterocycles. The van der Waals surface area contributed by atoms with Crippen molar-refractivity contribution in [3.05, 3.63) is 35.4 Å². The summed E-state index contributed by atoms with van der Waals surface area (Å²) in [6, 6.07) is 9.20. The van der Waals surface area contributed by atoms with Crippen LogP contribution in [0.3, 0.4) is 0 Å². The second-order valence-electron chi connectivity index (χ2n) is 5.12. The topological polar surface area (TPSA) is 0 Å². The number of hydrogen-bond donors (Lipinski definition) is 0. The zero-order valence-corrected chi connectivity index (χ0v) is 11.6. The molecular formula is C14H23P. The van der Waals surface area contributed by atoms with Crippen molar-refractivity contribution in [1.29, 1.82) is 0 Å². The Hall–Kier alpha value is -0.350. The molecule has 1 aromatic rings. The van der Waals surface area contributed by atoms with Crippen molar-refractivity contribution in [2.75, 3.05) is 6.66 Å². The lowest BCUT2D eigenvalue weighted by atomic mass is 9.86. The van der Waals surface area contributed by atoms with Crippen LogP contribution in [0.5, 0.6) is 0 Å². The van der Waals surface area contributed by atoms with Gasteiger partial charge in [0.15, 0.2) is 0 Å². The van der Waals surface area contributed by atoms with E-state index in [2.05, 4.69) is 58.6 Å². The minimum Gasteiger partial charge on any atom is -0.118 e. The predicted molar refractivity (Wildman–Crippen MR) is 72.4 cm³/mol. The van der Waals surface area contributed by atoms with Gasteiger partial charge in [0.25, 0.3) is 0 Å². The molecule has 0 N–H and O–H groups in total. The van der Waals surface area contributed by atoms with Crippen molar-refractivity contribution in [3.8, 4) is 0 Å². The van der Waals surface area contributed by atoms with Crippen LogP contribution >= 0.6 is 8.58 Å². The van der Waals surface area contributed by atoms with Crippen LogP contribution in [0.1, 0.15) is 50.9 Å². The molecule has 0 aromatic heterocycles. The molecule has 0 amide bonds. The summed E-state index contributed by atoms with van der Waals surface area (Å²) in [4.78, 5) is 0. The quantitative estimate of drug-likeness (QED) is 0.648. The zero-order chi connectivity index (χ0) is 11.5. The van der Waals surface area contributed by atoms with Gasteiger partial charge in [0.1, 0.15) is 0 Å². The Bertz CT molecular complexity index is 288. The van der Waals surface area contributed by atoms with Gasteiger partial charge in [-0.1, -0.05) is 52.0 Å². The van der Waals surface area contributed by atoms with Crippen LogP contribution in [0.4, 0.5) is 0 Å². The summed E-state index contributed by atoms with van der Waals surface area (Å²) in [7, 11) is 1.01. The fourth-order valence-electron chi connectivity index (χ4n) is 1.82. The molecule has 2 unspecified atom stereocenters. The van der Waals surface area contributed by atoms with Crippen LogP contribution in [0, 0.1) is 0 Å². The highest BCUT2D eigenvalue weighted by atomic mass is 31.1. The maximum absolute atomic E-state index is 2.31. The molecule has 0 saturated carbocycles. The molecule has 0 aliphatic carbocycles. The van der Waals surface area contributed by atoms with Crippen molar-refractivity contribution in [2.45, 2.75) is 45.2 Å². The maximum Gasteiger partial charge on any atom is 0.000887 e. The third-order valence-corrected chi connectivity index (χ3v) is 4.37. The third kappa shape index (κ3) is 3.31. The number of benzene rings is 1. The van der Waals surface area contributed by atoms with E-state index in [1.165, 1.54) is 17.5 Å². The standard InChI is InChI=1S/C14H23P/c1-6-13(15-5)11-7-9-12(10-8-11)14(2,3)4/h7-10,13,15H,6H2,1-5H3. The first kappa shape index (κ1) is 12.7. The van der Waals surface area contributed by atoms with E-state index in [9.17, 15) is 0 Å². The lowest BCUT2D eigenvalue weighted by Gasteiger charge is -2.20. The smallest absolute Gasteiger partial charge is 0.000887 e. The van der Waals surface area contributed by atoms with E-state index in [4.69, 9.17) is 0 Å². The third-order valence-electron chi connectivity index (χ3n) is 2.94. The second-order valence-corrected chi connectivity index (χ2v) is 6.40. The summed E-state index contributed by atoms with van der Waals surface area (Å²) in [5, 5.41) is 0. The molecule has 84 valence electrons. The highest BCUT2D eigenvalue weighted by Crippen LogP contribution is 2.35. The van der Waals surface area contributed by atoms with Gasteiger partial charge in [0.2, 0.25) is 0 Å². The van der Waals surface area contributed by atoms with Crippen molar-refractivity contribution >= 4 is 8.58 Å². The molecule has 0 bridgehead atoms. The largest absolute Gasteiger partial charge is 0.118 e. The molecular weight excluding hydrogens is 199 g/mol. The van der Waals surface area contributed by atoms with Crippen molar-refractivity contribution < 1.29 is 0 Å². The van der Waals surface area contributed by atoms with Gasteiger partial charge < -0.3 is 0 Å². The molecule has 1 rings (SSSR count). The van der Waals surface area contributed by atoms with Gasteiger partial charge in [-0.3, -0.25) is 0 Å². The molecule has 0 aliphatic heterocycles. The van der Waals surface area contributed by atoms with E-state index < -0.39 is 0 Å². The number of hydrogen-bond acceptors (Lipinski definition) is 0. The van der Waals surface area contributed by atoms with Crippen molar-refractivity contribution in [2.24, 2.45) is 0 Å². The van der Waals surface area contributed by atoms with E-state index in [0.29, 0.717) is 0 Å². The molecule has 2 atom stereocenters. The summed E-state index contributed by atoms with van der Waals surface area (Å²) in [6.45, 7) is 11.4. The lowest BCUT2D eigenvalue weighted by molar-refractivity contribution is 0.590. The van der Waals surface area contributed by atoms with E-state index in [1.54, 1.807) is 0 Å². The van der Waals surface area contributed by atoms with Gasteiger partial charge in [-0.25, -0.2) is 0 Å². The Morgan fingerprint density at radius 3 is 2.00 bits per heavy atom. The molecule has 1 aromatic carbocycles. The Morgan fingerprint density at radius 1 is 1.13 bits per heavy atom. The first-order valence-electron chi connectivity index (χ1n) is 5.76. The molecule has 0 nitrogen and oxygen atoms in total. The highest BCUT2D eigenvalue weighted by molar-refractivity contribution is 7.37. The zero-order valence-electron chi connectivity index (χ0n) is 10.6. The Labute approximate surface area is 96.3 Å². The summed E-state index contributed by atoms with van der Waals surface area (Å²) in [5.74, 6) is 0. The summed E-state index contributed by atoms with van der Waals surface area (Å²) in [6.07, 6.45) is 1.25. The first-order chi connectivity index (χ1) is 6.99. The van der Waals surface area contributed by atoms with Crippen molar-refractivity contribution in [3.63, 3.8) is 0 Å². The van der Waals surface area contributed by atoms with Crippen LogP contribution in [-0.4, -0.2) is 6.66 Å². The van der Waals surface area contributed by atoms with E-state index >= 15 is 0 Å². The SMILES string of the molecule is CCC(PC)c1ccc(C(C)(C)C)cc1. The van der Waals surface area contributed by atoms with Crippen LogP contribution in [0.15, 0.2) is 24.3 Å². The summed E-state index contributed by atoms with van der Waals surface area (Å²) in [5.41, 5.74) is 3.97. The van der Waals surface area contributed by atoms with E-state index in [1.807, 2.05) is 0 Å². The van der Waals surface area contributed by atoms with Gasteiger partial charge in [0, 0.05) is 5.66 Å². The van der Waals surface area contributed by atoms with Crippen molar-refractivity contribution in [1.82, 2.24) is 0 Å². The van der Waals surface area contributed by atoms with Crippen LogP contribution < -0.4 is 0 Å². The van der Waals surface area contributed by atoms with Gasteiger partial charge in [-0.05, 0) is 29.6 Å². The Kier molecular flexibility index (Phi) is 4.34. The predicted octanol–water partition coefficient (Wildman–Crippen LogP) is 4.74. The van der Waals surface area contributed by atoms with E-state index in [0.717, 1.165) is 14.2 Å². The molecule has 15 heavy (non-hydrogen) atoms. The highest BCUT2D eigenvalue weighted by Gasteiger charge is 2.14. The second kappa shape index (κ2) is 5.12. The molecule has 0 saturated heterocycles. The normalized spacial score (nSPS) is 14.7. The van der Waals surface area contributed by atoms with Gasteiger partial charge in [-0.15, -0.1) is 8.58 Å². The fraction of sp³-hybridized carbons (Fsp3) is 0.571. The molecule has 0 aliphatic rings. The summed E-state index contributed by atoms with van der Waals surface area (Å²) < 4.78 is 0. The van der Waals surface area contributed by atoms with Gasteiger partial charge in [-0.2, -0.15) is 0 Å². The summed E-state index contributed by atoms with van der Waals surface area (Å²) >= 11 is 0. The number of rotatable bonds is 3. The minimum atomic E-state index is 0.273. The average Bonchev–Trinajstić information content (AvgIpc) is 2.19. The monoisotopic (exact) mass is 222 g/mol. The van der Waals surface area contributed by atoms with E-state index in [-0.39, 0.29) is 5.41 Å². The van der Waals surface area contributed by atoms with Gasteiger partial charge >= 0.3 is 0 Å². The van der Waals surface area contributed by atoms with Crippen LogP contribution in [0.2, 0.25) is 0 Å². The first-order valence-corrected chi connectivity index (χ1v) is 7.34. The molecule has 0 spiro atoms. The molecule has 0 fully saturated rings. The fourth-order valence-corrected chi connectivity index (χ4v) is 2.76. The Balaban J connectivity index is 2.89. The maximum atomic E-state index is 2.31. The Morgan fingerprint density at radius 2 is 1.67 bits per heavy atom.